The van der Waals surface area contributed by atoms with Gasteiger partial charge in [0.2, 0.25) is 0 Å². The van der Waals surface area contributed by atoms with Crippen molar-refractivity contribution in [1.82, 2.24) is 10.0 Å². The van der Waals surface area contributed by atoms with Crippen molar-refractivity contribution in [3.05, 3.63) is 45.9 Å². The normalized spacial score (nSPS) is 10.9. The van der Waals surface area contributed by atoms with E-state index >= 15 is 0 Å². The van der Waals surface area contributed by atoms with Gasteiger partial charge < -0.3 is 9.47 Å². The average molecular weight is 305 g/mol. The van der Waals surface area contributed by atoms with Crippen molar-refractivity contribution in [2.24, 2.45) is 12.1 Å². The average Bonchev–Trinajstić information content (AvgIpc) is 2.80. The Hall–Kier alpha value is -2.90. The predicted octanol–water partition coefficient (Wildman–Crippen LogP) is 0.0684. The zero-order valence-corrected chi connectivity index (χ0v) is 12.6. The molecule has 0 saturated carbocycles. The standard InChI is InChI=1S/C14H16N4O4/c1-4-22-14(20)12-13(19)18(16-17(12)2)15-9-10-5-7-11(21-3)8-6-10/h5-9H,4H2,1-3H3/p+1/b15-9-. The first-order valence-electron chi connectivity index (χ1n) is 6.63. The smallest absolute Gasteiger partial charge is 0.434 e. The summed E-state index contributed by atoms with van der Waals surface area (Å²) in [6, 6.07) is 7.15. The molecule has 0 aliphatic heterocycles. The molecule has 8 heteroatoms. The summed E-state index contributed by atoms with van der Waals surface area (Å²) in [5.74, 6) is 0.0369. The number of hydrogen-bond donors (Lipinski definition) is 1. The third-order valence-corrected chi connectivity index (χ3v) is 2.88. The van der Waals surface area contributed by atoms with Gasteiger partial charge in [-0.25, -0.2) is 9.59 Å². The third-order valence-electron chi connectivity index (χ3n) is 2.88. The summed E-state index contributed by atoms with van der Waals surface area (Å²) in [6.45, 7) is 1.86. The van der Waals surface area contributed by atoms with Crippen LogP contribution in [0.5, 0.6) is 5.75 Å². The molecule has 2 aromatic rings. The van der Waals surface area contributed by atoms with Gasteiger partial charge in [0.25, 0.3) is 0 Å². The number of nitrogens with zero attached hydrogens (tertiary/aromatic N) is 3. The molecule has 0 aliphatic rings. The van der Waals surface area contributed by atoms with E-state index in [4.69, 9.17) is 9.47 Å². The molecule has 22 heavy (non-hydrogen) atoms. The van der Waals surface area contributed by atoms with E-state index in [1.165, 1.54) is 17.9 Å². The summed E-state index contributed by atoms with van der Waals surface area (Å²) in [5, 5.41) is 6.65. The van der Waals surface area contributed by atoms with Crippen molar-refractivity contribution < 1.29 is 19.0 Å². The molecule has 0 spiro atoms. The fourth-order valence-electron chi connectivity index (χ4n) is 1.80. The Morgan fingerprint density at radius 3 is 2.68 bits per heavy atom. The van der Waals surface area contributed by atoms with Crippen LogP contribution >= 0.6 is 0 Å². The van der Waals surface area contributed by atoms with Crippen LogP contribution < -0.4 is 15.0 Å². The molecule has 1 aromatic heterocycles. The van der Waals surface area contributed by atoms with Crippen LogP contribution in [0.4, 0.5) is 0 Å². The molecular weight excluding hydrogens is 288 g/mol. The number of benzene rings is 1. The highest BCUT2D eigenvalue weighted by atomic mass is 16.5. The van der Waals surface area contributed by atoms with Gasteiger partial charge in [-0.3, -0.25) is 0 Å². The lowest BCUT2D eigenvalue weighted by atomic mass is 10.2. The molecule has 0 saturated heterocycles. The van der Waals surface area contributed by atoms with Gasteiger partial charge >= 0.3 is 17.2 Å². The SMILES string of the molecule is CCOC(=O)c1c(=O)n(/N=C\c2ccc(OC)cc2)[nH][n+]1C. The zero-order valence-electron chi connectivity index (χ0n) is 12.6. The second-order valence-electron chi connectivity index (χ2n) is 4.36. The van der Waals surface area contributed by atoms with Crippen LogP contribution in [0.1, 0.15) is 23.0 Å². The van der Waals surface area contributed by atoms with E-state index in [-0.39, 0.29) is 12.3 Å². The number of ether oxygens (including phenoxy) is 2. The maximum atomic E-state index is 12.1. The summed E-state index contributed by atoms with van der Waals surface area (Å²) in [6.07, 6.45) is 1.49. The van der Waals surface area contributed by atoms with Crippen LogP contribution in [0.15, 0.2) is 34.2 Å². The van der Waals surface area contributed by atoms with Crippen molar-refractivity contribution in [1.29, 1.82) is 0 Å². The molecule has 2 rings (SSSR count). The first kappa shape index (κ1) is 15.5. The molecule has 0 bridgehead atoms. The minimum Gasteiger partial charge on any atom is -0.497 e. The van der Waals surface area contributed by atoms with Gasteiger partial charge in [0.1, 0.15) is 12.8 Å². The molecule has 1 heterocycles. The number of H-pyrrole nitrogens is 1. The highest BCUT2D eigenvalue weighted by Crippen LogP contribution is 2.09. The Balaban J connectivity index is 2.26. The molecule has 0 radical (unpaired) electrons. The zero-order chi connectivity index (χ0) is 16.1. The van der Waals surface area contributed by atoms with Crippen LogP contribution in [0.3, 0.4) is 0 Å². The number of nitrogens with one attached hydrogen (secondary N) is 1. The summed E-state index contributed by atoms with van der Waals surface area (Å²) >= 11 is 0. The molecule has 1 aromatic carbocycles. The van der Waals surface area contributed by atoms with Gasteiger partial charge in [-0.2, -0.15) is 0 Å². The third kappa shape index (κ3) is 3.22. The Bertz CT molecular complexity index is 743. The van der Waals surface area contributed by atoms with Gasteiger partial charge in [-0.05, 0) is 36.8 Å². The number of rotatable bonds is 5. The van der Waals surface area contributed by atoms with E-state index in [9.17, 15) is 9.59 Å². The van der Waals surface area contributed by atoms with Crippen LogP contribution in [0.2, 0.25) is 0 Å². The molecule has 0 amide bonds. The van der Waals surface area contributed by atoms with Crippen LogP contribution in [-0.2, 0) is 11.8 Å². The lowest BCUT2D eigenvalue weighted by molar-refractivity contribution is -0.734. The molecule has 8 nitrogen and oxygen atoms in total. The topological polar surface area (TPSA) is 89.6 Å². The Morgan fingerprint density at radius 2 is 2.09 bits per heavy atom. The number of methoxy groups -OCH3 is 1. The predicted molar refractivity (Wildman–Crippen MR) is 78.2 cm³/mol. The molecule has 116 valence electrons. The van der Waals surface area contributed by atoms with Crippen molar-refractivity contribution in [3.8, 4) is 5.75 Å². The van der Waals surface area contributed by atoms with E-state index in [0.717, 1.165) is 16.1 Å². The lowest BCUT2D eigenvalue weighted by Crippen LogP contribution is -2.39. The van der Waals surface area contributed by atoms with Gasteiger partial charge in [-0.1, -0.05) is 10.3 Å². The maximum Gasteiger partial charge on any atom is 0.434 e. The molecule has 1 N–H and O–H groups in total. The number of carbonyl (C=O) groups is 1. The van der Waals surface area contributed by atoms with E-state index in [1.54, 1.807) is 38.3 Å². The summed E-state index contributed by atoms with van der Waals surface area (Å²) in [5.41, 5.74) is 0.0853. The minimum absolute atomic E-state index is 0.117. The van der Waals surface area contributed by atoms with Gasteiger partial charge in [-0.15, -0.1) is 4.68 Å². The molecule has 0 fully saturated rings. The fourth-order valence-corrected chi connectivity index (χ4v) is 1.80. The summed E-state index contributed by atoms with van der Waals surface area (Å²) < 4.78 is 11.2. The van der Waals surface area contributed by atoms with Crippen molar-refractivity contribution >= 4 is 12.2 Å². The largest absolute Gasteiger partial charge is 0.497 e. The number of aromatic amines is 1. The Kier molecular flexibility index (Phi) is 4.72. The van der Waals surface area contributed by atoms with Crippen molar-refractivity contribution in [2.75, 3.05) is 13.7 Å². The van der Waals surface area contributed by atoms with Crippen molar-refractivity contribution in [2.45, 2.75) is 6.92 Å². The first-order valence-corrected chi connectivity index (χ1v) is 6.63. The van der Waals surface area contributed by atoms with Crippen LogP contribution in [0, 0.1) is 0 Å². The quantitative estimate of drug-likeness (QED) is 0.481. The van der Waals surface area contributed by atoms with Gasteiger partial charge in [0, 0.05) is 4.79 Å². The summed E-state index contributed by atoms with van der Waals surface area (Å²) in [4.78, 5) is 24.8. The van der Waals surface area contributed by atoms with E-state index in [0.29, 0.717) is 0 Å². The number of hydrogen-bond acceptors (Lipinski definition) is 5. The number of aryl methyl sites for hydroxylation is 1. The minimum atomic E-state index is -0.690. The lowest BCUT2D eigenvalue weighted by Gasteiger charge is -1.97. The second kappa shape index (κ2) is 6.70. The highest BCUT2D eigenvalue weighted by Gasteiger charge is 2.27. The Labute approximate surface area is 126 Å². The number of carbonyl (C=O) groups excluding carboxylic acids is 1. The van der Waals surface area contributed by atoms with Crippen LogP contribution in [-0.4, -0.2) is 35.9 Å². The van der Waals surface area contributed by atoms with Crippen LogP contribution in [0.25, 0.3) is 0 Å². The molecule has 0 aliphatic carbocycles. The second-order valence-corrected chi connectivity index (χ2v) is 4.36. The van der Waals surface area contributed by atoms with E-state index < -0.39 is 11.5 Å². The summed E-state index contributed by atoms with van der Waals surface area (Å²) in [7, 11) is 3.12. The molecular formula is C14H17N4O4+. The highest BCUT2D eigenvalue weighted by molar-refractivity contribution is 5.85. The maximum absolute atomic E-state index is 12.1. The van der Waals surface area contributed by atoms with E-state index in [1.807, 2.05) is 0 Å². The van der Waals surface area contributed by atoms with Gasteiger partial charge in [0.05, 0.1) is 19.9 Å². The Morgan fingerprint density at radius 1 is 1.41 bits per heavy atom. The molecule has 0 atom stereocenters. The van der Waals surface area contributed by atoms with E-state index in [2.05, 4.69) is 10.3 Å². The first-order chi connectivity index (χ1) is 10.6. The fraction of sp³-hybridized carbons (Fsp3) is 0.286. The van der Waals surface area contributed by atoms with Gasteiger partial charge in [0.15, 0.2) is 0 Å². The number of aromatic nitrogens is 3. The molecule has 0 unspecified atom stereocenters. The van der Waals surface area contributed by atoms with Crippen molar-refractivity contribution in [3.63, 3.8) is 0 Å². The number of esters is 1. The monoisotopic (exact) mass is 305 g/mol.